The van der Waals surface area contributed by atoms with E-state index in [-0.39, 0.29) is 11.9 Å². The van der Waals surface area contributed by atoms with E-state index in [2.05, 4.69) is 0 Å². The van der Waals surface area contributed by atoms with Gasteiger partial charge < -0.3 is 10.6 Å². The molecule has 1 unspecified atom stereocenters. The summed E-state index contributed by atoms with van der Waals surface area (Å²) in [5, 5.41) is 0.712. The summed E-state index contributed by atoms with van der Waals surface area (Å²) in [7, 11) is 1.93. The van der Waals surface area contributed by atoms with Gasteiger partial charge in [-0.05, 0) is 43.2 Å². The van der Waals surface area contributed by atoms with E-state index in [4.69, 9.17) is 17.3 Å². The second-order valence-electron chi connectivity index (χ2n) is 4.97. The van der Waals surface area contributed by atoms with E-state index >= 15 is 0 Å². The first-order chi connectivity index (χ1) is 9.41. The van der Waals surface area contributed by atoms with Crippen molar-refractivity contribution >= 4 is 23.0 Å². The highest BCUT2D eigenvalue weighted by Gasteiger charge is 2.17. The zero-order chi connectivity index (χ0) is 14.9. The van der Waals surface area contributed by atoms with Gasteiger partial charge in [0.1, 0.15) is 5.82 Å². The Balaban J connectivity index is 2.39. The van der Waals surface area contributed by atoms with Gasteiger partial charge in [0.15, 0.2) is 0 Å². The van der Waals surface area contributed by atoms with Gasteiger partial charge in [-0.1, -0.05) is 29.8 Å². The molecule has 0 aliphatic rings. The molecular formula is C16H18ClFN2. The molecule has 4 heteroatoms. The van der Waals surface area contributed by atoms with E-state index in [1.165, 1.54) is 6.07 Å². The molecule has 0 heterocycles. The van der Waals surface area contributed by atoms with Gasteiger partial charge in [-0.25, -0.2) is 4.39 Å². The topological polar surface area (TPSA) is 29.3 Å². The number of rotatable bonds is 3. The monoisotopic (exact) mass is 292 g/mol. The zero-order valence-electron chi connectivity index (χ0n) is 11.8. The molecule has 0 bridgehead atoms. The number of nitrogens with zero attached hydrogens (tertiary/aromatic N) is 1. The van der Waals surface area contributed by atoms with Crippen molar-refractivity contribution in [1.82, 2.24) is 0 Å². The van der Waals surface area contributed by atoms with Gasteiger partial charge in [0.05, 0.1) is 17.4 Å². The van der Waals surface area contributed by atoms with Crippen molar-refractivity contribution in [3.05, 3.63) is 58.4 Å². The molecule has 0 aromatic heterocycles. The Morgan fingerprint density at radius 1 is 1.25 bits per heavy atom. The molecule has 2 aromatic rings. The molecule has 0 aliphatic heterocycles. The van der Waals surface area contributed by atoms with Gasteiger partial charge in [0, 0.05) is 12.1 Å². The van der Waals surface area contributed by atoms with Crippen molar-refractivity contribution in [2.45, 2.75) is 19.9 Å². The normalized spacial score (nSPS) is 12.2. The molecule has 20 heavy (non-hydrogen) atoms. The number of nitrogen functional groups attached to an aromatic ring is 1. The lowest BCUT2D eigenvalue weighted by Crippen LogP contribution is -2.23. The van der Waals surface area contributed by atoms with Crippen LogP contribution in [-0.2, 0) is 0 Å². The second-order valence-corrected chi connectivity index (χ2v) is 5.38. The summed E-state index contributed by atoms with van der Waals surface area (Å²) in [5.41, 5.74) is 8.75. The van der Waals surface area contributed by atoms with Crippen LogP contribution >= 0.6 is 11.6 Å². The summed E-state index contributed by atoms with van der Waals surface area (Å²) >= 11 is 6.23. The molecular weight excluding hydrogens is 275 g/mol. The van der Waals surface area contributed by atoms with E-state index < -0.39 is 0 Å². The van der Waals surface area contributed by atoms with Crippen LogP contribution in [0.5, 0.6) is 0 Å². The standard InChI is InChI=1S/C16H18ClFN2/c1-10-8-16(15(19)9-14(10)18)20(3)11(2)12-6-4-5-7-13(12)17/h4-9,11H,19H2,1-3H3. The molecule has 0 aliphatic carbocycles. The van der Waals surface area contributed by atoms with Crippen LogP contribution in [0.25, 0.3) is 0 Å². The van der Waals surface area contributed by atoms with Crippen molar-refractivity contribution in [1.29, 1.82) is 0 Å². The molecule has 0 fully saturated rings. The van der Waals surface area contributed by atoms with Crippen molar-refractivity contribution in [2.24, 2.45) is 0 Å². The maximum absolute atomic E-state index is 13.5. The minimum atomic E-state index is -0.287. The molecule has 0 saturated heterocycles. The summed E-state index contributed by atoms with van der Waals surface area (Å²) in [6.45, 7) is 3.77. The van der Waals surface area contributed by atoms with Crippen LogP contribution < -0.4 is 10.6 Å². The molecule has 2 nitrogen and oxygen atoms in total. The van der Waals surface area contributed by atoms with Crippen LogP contribution in [0.2, 0.25) is 5.02 Å². The average molecular weight is 293 g/mol. The summed E-state index contributed by atoms with van der Waals surface area (Å²) < 4.78 is 13.5. The highest BCUT2D eigenvalue weighted by Crippen LogP contribution is 2.33. The lowest BCUT2D eigenvalue weighted by Gasteiger charge is -2.29. The van der Waals surface area contributed by atoms with Crippen molar-refractivity contribution in [3.8, 4) is 0 Å². The van der Waals surface area contributed by atoms with E-state index in [0.717, 1.165) is 11.3 Å². The first-order valence-corrected chi connectivity index (χ1v) is 6.82. The van der Waals surface area contributed by atoms with Gasteiger partial charge in [0.25, 0.3) is 0 Å². The summed E-state index contributed by atoms with van der Waals surface area (Å²) in [5.74, 6) is -0.287. The lowest BCUT2D eigenvalue weighted by molar-refractivity contribution is 0.618. The summed E-state index contributed by atoms with van der Waals surface area (Å²) in [4.78, 5) is 2.00. The van der Waals surface area contributed by atoms with Gasteiger partial charge in [-0.3, -0.25) is 0 Å². The predicted octanol–water partition coefficient (Wildman–Crippen LogP) is 4.57. The fraction of sp³-hybridized carbons (Fsp3) is 0.250. The summed E-state index contributed by atoms with van der Waals surface area (Å²) in [6, 6.07) is 10.9. The molecule has 106 valence electrons. The minimum Gasteiger partial charge on any atom is -0.397 e. The smallest absolute Gasteiger partial charge is 0.128 e. The average Bonchev–Trinajstić information content (AvgIpc) is 2.42. The number of hydrogen-bond acceptors (Lipinski definition) is 2. The van der Waals surface area contributed by atoms with Crippen LogP contribution in [0.4, 0.5) is 15.8 Å². The maximum Gasteiger partial charge on any atom is 0.128 e. The van der Waals surface area contributed by atoms with Crippen LogP contribution in [0.3, 0.4) is 0 Å². The summed E-state index contributed by atoms with van der Waals surface area (Å²) in [6.07, 6.45) is 0. The fourth-order valence-corrected chi connectivity index (χ4v) is 2.51. The first kappa shape index (κ1) is 14.7. The molecule has 1 atom stereocenters. The molecule has 2 aromatic carbocycles. The Kier molecular flexibility index (Phi) is 4.19. The minimum absolute atomic E-state index is 0.0378. The number of benzene rings is 2. The molecule has 0 amide bonds. The lowest BCUT2D eigenvalue weighted by atomic mass is 10.1. The molecule has 2 rings (SSSR count). The number of hydrogen-bond donors (Lipinski definition) is 1. The Bertz CT molecular complexity index is 628. The second kappa shape index (κ2) is 5.71. The number of anilines is 2. The first-order valence-electron chi connectivity index (χ1n) is 6.44. The third-order valence-electron chi connectivity index (χ3n) is 3.62. The van der Waals surface area contributed by atoms with Gasteiger partial charge >= 0.3 is 0 Å². The number of aryl methyl sites for hydroxylation is 1. The predicted molar refractivity (Wildman–Crippen MR) is 83.8 cm³/mol. The molecule has 0 radical (unpaired) electrons. The van der Waals surface area contributed by atoms with Crippen LogP contribution in [-0.4, -0.2) is 7.05 Å². The van der Waals surface area contributed by atoms with Gasteiger partial charge in [-0.2, -0.15) is 0 Å². The zero-order valence-corrected chi connectivity index (χ0v) is 12.6. The molecule has 0 spiro atoms. The van der Waals surface area contributed by atoms with Crippen molar-refractivity contribution in [2.75, 3.05) is 17.7 Å². The fourth-order valence-electron chi connectivity index (χ4n) is 2.22. The van der Waals surface area contributed by atoms with Gasteiger partial charge in [0.2, 0.25) is 0 Å². The number of halogens is 2. The van der Waals surface area contributed by atoms with Crippen molar-refractivity contribution in [3.63, 3.8) is 0 Å². The van der Waals surface area contributed by atoms with E-state index in [9.17, 15) is 4.39 Å². The van der Waals surface area contributed by atoms with Crippen LogP contribution in [0.15, 0.2) is 36.4 Å². The van der Waals surface area contributed by atoms with Crippen LogP contribution in [0, 0.1) is 12.7 Å². The third-order valence-corrected chi connectivity index (χ3v) is 3.97. The van der Waals surface area contributed by atoms with Crippen LogP contribution in [0.1, 0.15) is 24.1 Å². The van der Waals surface area contributed by atoms with E-state index in [1.54, 1.807) is 13.0 Å². The Hall–Kier alpha value is -1.74. The Morgan fingerprint density at radius 2 is 1.90 bits per heavy atom. The Morgan fingerprint density at radius 3 is 2.55 bits per heavy atom. The van der Waals surface area contributed by atoms with Gasteiger partial charge in [-0.15, -0.1) is 0 Å². The van der Waals surface area contributed by atoms with Crippen molar-refractivity contribution < 1.29 is 4.39 Å². The largest absolute Gasteiger partial charge is 0.397 e. The van der Waals surface area contributed by atoms with E-state index in [0.29, 0.717) is 16.3 Å². The highest BCUT2D eigenvalue weighted by molar-refractivity contribution is 6.31. The maximum atomic E-state index is 13.5. The quantitative estimate of drug-likeness (QED) is 0.840. The Labute approximate surface area is 124 Å². The third kappa shape index (κ3) is 2.73. The van der Waals surface area contributed by atoms with E-state index in [1.807, 2.05) is 43.1 Å². The molecule has 0 saturated carbocycles. The highest BCUT2D eigenvalue weighted by atomic mass is 35.5. The number of nitrogens with two attached hydrogens (primary N) is 1. The SMILES string of the molecule is Cc1cc(N(C)C(C)c2ccccc2Cl)c(N)cc1F. The molecule has 2 N–H and O–H groups in total.